The normalized spacial score (nSPS) is 45.1. The van der Waals surface area contributed by atoms with E-state index >= 15 is 0 Å². The van der Waals surface area contributed by atoms with E-state index in [1.54, 1.807) is 0 Å². The molecule has 0 aliphatic heterocycles. The molecule has 3 N–H and O–H groups in total. The Morgan fingerprint density at radius 3 is 2.71 bits per heavy atom. The number of carbonyl (C=O) groups is 2. The molecule has 96 valence electrons. The molecule has 0 saturated heterocycles. The van der Waals surface area contributed by atoms with Gasteiger partial charge in [0.2, 0.25) is 12.3 Å². The Morgan fingerprint density at radius 1 is 1.41 bits per heavy atom. The van der Waals surface area contributed by atoms with Crippen molar-refractivity contribution < 1.29 is 9.59 Å². The number of amides is 2. The first-order valence-electron chi connectivity index (χ1n) is 6.46. The molecule has 2 rings (SSSR count). The standard InChI is InChI=1S/C13H22N2O2/c1-8-3-9-4-10(11(8)15-7-16)6-13(2,5-9)12(14)17/h7-11H,3-6H2,1-2H3,(H2,14,17)(H,15,16). The summed E-state index contributed by atoms with van der Waals surface area (Å²) in [5, 5.41) is 2.93. The molecule has 2 saturated carbocycles. The highest BCUT2D eigenvalue weighted by atomic mass is 16.1. The number of nitrogens with two attached hydrogens (primary N) is 1. The van der Waals surface area contributed by atoms with E-state index < -0.39 is 0 Å². The van der Waals surface area contributed by atoms with Crippen molar-refractivity contribution >= 4 is 12.3 Å². The molecule has 2 bridgehead atoms. The lowest BCUT2D eigenvalue weighted by molar-refractivity contribution is -0.132. The van der Waals surface area contributed by atoms with Gasteiger partial charge in [0.25, 0.3) is 0 Å². The summed E-state index contributed by atoms with van der Waals surface area (Å²) >= 11 is 0. The summed E-state index contributed by atoms with van der Waals surface area (Å²) in [4.78, 5) is 22.3. The van der Waals surface area contributed by atoms with Crippen LogP contribution in [0.4, 0.5) is 0 Å². The van der Waals surface area contributed by atoms with Crippen molar-refractivity contribution in [2.45, 2.75) is 45.6 Å². The maximum absolute atomic E-state index is 11.6. The van der Waals surface area contributed by atoms with Crippen LogP contribution in [0.25, 0.3) is 0 Å². The molecule has 17 heavy (non-hydrogen) atoms. The van der Waals surface area contributed by atoms with Gasteiger partial charge in [-0.25, -0.2) is 0 Å². The highest BCUT2D eigenvalue weighted by molar-refractivity contribution is 5.80. The minimum Gasteiger partial charge on any atom is -0.369 e. The predicted molar refractivity (Wildman–Crippen MR) is 64.9 cm³/mol. The molecule has 2 aliphatic rings. The summed E-state index contributed by atoms with van der Waals surface area (Å²) in [7, 11) is 0. The molecule has 5 unspecified atom stereocenters. The van der Waals surface area contributed by atoms with E-state index in [1.165, 1.54) is 0 Å². The van der Waals surface area contributed by atoms with Gasteiger partial charge < -0.3 is 11.1 Å². The van der Waals surface area contributed by atoms with Crippen molar-refractivity contribution in [1.82, 2.24) is 5.32 Å². The summed E-state index contributed by atoms with van der Waals surface area (Å²) in [6.45, 7) is 4.16. The van der Waals surface area contributed by atoms with Crippen molar-refractivity contribution in [3.05, 3.63) is 0 Å². The number of fused-ring (bicyclic) bond motifs is 2. The largest absolute Gasteiger partial charge is 0.369 e. The summed E-state index contributed by atoms with van der Waals surface area (Å²) in [6.07, 6.45) is 4.73. The molecule has 4 nitrogen and oxygen atoms in total. The van der Waals surface area contributed by atoms with Gasteiger partial charge in [0.05, 0.1) is 0 Å². The van der Waals surface area contributed by atoms with Gasteiger partial charge in [-0.05, 0) is 43.4 Å². The molecule has 2 aliphatic carbocycles. The zero-order chi connectivity index (χ0) is 12.6. The zero-order valence-corrected chi connectivity index (χ0v) is 10.6. The van der Waals surface area contributed by atoms with Crippen molar-refractivity contribution in [3.8, 4) is 0 Å². The van der Waals surface area contributed by atoms with E-state index in [2.05, 4.69) is 12.2 Å². The maximum atomic E-state index is 11.6. The van der Waals surface area contributed by atoms with Gasteiger partial charge in [0.15, 0.2) is 0 Å². The first kappa shape index (κ1) is 12.4. The Morgan fingerprint density at radius 2 is 2.12 bits per heavy atom. The monoisotopic (exact) mass is 238 g/mol. The van der Waals surface area contributed by atoms with Crippen LogP contribution >= 0.6 is 0 Å². The lowest BCUT2D eigenvalue weighted by Gasteiger charge is -2.49. The van der Waals surface area contributed by atoms with Gasteiger partial charge in [-0.3, -0.25) is 9.59 Å². The maximum Gasteiger partial charge on any atom is 0.223 e. The van der Waals surface area contributed by atoms with E-state index in [0.717, 1.165) is 32.1 Å². The molecule has 5 atom stereocenters. The van der Waals surface area contributed by atoms with Crippen LogP contribution in [0.1, 0.15) is 39.5 Å². The molecule has 0 radical (unpaired) electrons. The lowest BCUT2D eigenvalue weighted by atomic mass is 9.57. The van der Waals surface area contributed by atoms with Crippen molar-refractivity contribution in [1.29, 1.82) is 0 Å². The quantitative estimate of drug-likeness (QED) is 0.721. The summed E-state index contributed by atoms with van der Waals surface area (Å²) in [6, 6.07) is 0.211. The van der Waals surface area contributed by atoms with Crippen LogP contribution in [0.5, 0.6) is 0 Å². The van der Waals surface area contributed by atoms with Crippen molar-refractivity contribution in [2.75, 3.05) is 0 Å². The van der Waals surface area contributed by atoms with Crippen LogP contribution in [-0.2, 0) is 9.59 Å². The van der Waals surface area contributed by atoms with Gasteiger partial charge in [0.1, 0.15) is 0 Å². The molecule has 0 aromatic heterocycles. The number of hydrogen-bond acceptors (Lipinski definition) is 2. The average Bonchev–Trinajstić information content (AvgIpc) is 2.23. The molecule has 0 heterocycles. The Kier molecular flexibility index (Phi) is 3.15. The zero-order valence-electron chi connectivity index (χ0n) is 10.6. The topological polar surface area (TPSA) is 72.2 Å². The second-order valence-electron chi connectivity index (χ2n) is 6.22. The van der Waals surface area contributed by atoms with Crippen LogP contribution in [-0.4, -0.2) is 18.4 Å². The molecule has 0 aromatic carbocycles. The van der Waals surface area contributed by atoms with Gasteiger partial charge in [0, 0.05) is 11.5 Å². The number of primary amides is 1. The number of rotatable bonds is 3. The van der Waals surface area contributed by atoms with Crippen LogP contribution in [0.2, 0.25) is 0 Å². The molecule has 0 spiro atoms. The molecule has 4 heteroatoms. The molecular formula is C13H22N2O2. The second kappa shape index (κ2) is 4.31. The average molecular weight is 238 g/mol. The second-order valence-corrected chi connectivity index (χ2v) is 6.22. The summed E-state index contributed by atoms with van der Waals surface area (Å²) in [5.41, 5.74) is 5.15. The number of hydrogen-bond donors (Lipinski definition) is 2. The minimum atomic E-state index is -0.378. The highest BCUT2D eigenvalue weighted by Crippen LogP contribution is 2.50. The van der Waals surface area contributed by atoms with Gasteiger partial charge in [-0.15, -0.1) is 0 Å². The fourth-order valence-electron chi connectivity index (χ4n) is 4.06. The molecule has 0 aromatic rings. The Labute approximate surface area is 102 Å². The Balaban J connectivity index is 2.17. The lowest BCUT2D eigenvalue weighted by Crippen LogP contribution is -2.53. The summed E-state index contributed by atoms with van der Waals surface area (Å²) in [5.74, 6) is 1.30. The van der Waals surface area contributed by atoms with E-state index in [-0.39, 0.29) is 17.4 Å². The van der Waals surface area contributed by atoms with Crippen molar-refractivity contribution in [2.24, 2.45) is 28.9 Å². The molecular weight excluding hydrogens is 216 g/mol. The third kappa shape index (κ3) is 2.17. The highest BCUT2D eigenvalue weighted by Gasteiger charge is 2.47. The van der Waals surface area contributed by atoms with E-state index in [4.69, 9.17) is 5.73 Å². The first-order valence-corrected chi connectivity index (χ1v) is 6.46. The third-order valence-corrected chi connectivity index (χ3v) is 4.77. The SMILES string of the molecule is CC1CC2CC(CC(C)(C(N)=O)C2)C1NC=O. The fourth-order valence-corrected chi connectivity index (χ4v) is 4.06. The van der Waals surface area contributed by atoms with Gasteiger partial charge in [-0.1, -0.05) is 13.8 Å². The molecule has 2 fully saturated rings. The van der Waals surface area contributed by atoms with Gasteiger partial charge >= 0.3 is 0 Å². The molecule has 2 amide bonds. The predicted octanol–water partition coefficient (Wildman–Crippen LogP) is 1.05. The van der Waals surface area contributed by atoms with Crippen molar-refractivity contribution in [3.63, 3.8) is 0 Å². The van der Waals surface area contributed by atoms with Crippen LogP contribution < -0.4 is 11.1 Å². The van der Waals surface area contributed by atoms with Crippen LogP contribution in [0.15, 0.2) is 0 Å². The summed E-state index contributed by atoms with van der Waals surface area (Å²) < 4.78 is 0. The Hall–Kier alpha value is -1.06. The van der Waals surface area contributed by atoms with E-state index in [1.807, 2.05) is 6.92 Å². The smallest absolute Gasteiger partial charge is 0.223 e. The van der Waals surface area contributed by atoms with E-state index in [0.29, 0.717) is 17.8 Å². The Bertz CT molecular complexity index is 329. The van der Waals surface area contributed by atoms with Crippen LogP contribution in [0, 0.1) is 23.2 Å². The van der Waals surface area contributed by atoms with Crippen LogP contribution in [0.3, 0.4) is 0 Å². The number of nitrogens with one attached hydrogen (secondary N) is 1. The van der Waals surface area contributed by atoms with E-state index in [9.17, 15) is 9.59 Å². The fraction of sp³-hybridized carbons (Fsp3) is 0.846. The van der Waals surface area contributed by atoms with Gasteiger partial charge in [-0.2, -0.15) is 0 Å². The first-order chi connectivity index (χ1) is 7.96. The third-order valence-electron chi connectivity index (χ3n) is 4.77. The number of carbonyl (C=O) groups excluding carboxylic acids is 2. The minimum absolute atomic E-state index is 0.188.